The minimum atomic E-state index is -3.88. The Hall–Kier alpha value is -2.64. The smallest absolute Gasteiger partial charge is 0.264 e. The topological polar surface area (TPSA) is 105 Å². The Kier molecular flexibility index (Phi) is 4.37. The van der Waals surface area contributed by atoms with Gasteiger partial charge in [-0.2, -0.15) is 0 Å². The van der Waals surface area contributed by atoms with Gasteiger partial charge in [-0.05, 0) is 46.8 Å². The monoisotopic (exact) mass is 343 g/mol. The zero-order chi connectivity index (χ0) is 17.2. The summed E-state index contributed by atoms with van der Waals surface area (Å²) in [6.07, 6.45) is 1.80. The first-order valence-corrected chi connectivity index (χ1v) is 8.87. The highest BCUT2D eigenvalue weighted by Gasteiger charge is 2.17. The second kappa shape index (κ2) is 6.46. The second-order valence-electron chi connectivity index (χ2n) is 5.45. The summed E-state index contributed by atoms with van der Waals surface area (Å²) >= 11 is 0. The fourth-order valence-corrected chi connectivity index (χ4v) is 3.43. The van der Waals surface area contributed by atoms with E-state index in [2.05, 4.69) is 9.71 Å². The lowest BCUT2D eigenvalue weighted by Crippen LogP contribution is -2.31. The van der Waals surface area contributed by atoms with Crippen LogP contribution < -0.4 is 10.5 Å². The minimum absolute atomic E-state index is 0.0127. The van der Waals surface area contributed by atoms with E-state index in [9.17, 15) is 13.2 Å². The van der Waals surface area contributed by atoms with E-state index in [0.29, 0.717) is 6.54 Å². The van der Waals surface area contributed by atoms with Crippen molar-refractivity contribution in [2.24, 2.45) is 5.73 Å². The van der Waals surface area contributed by atoms with Gasteiger partial charge in [0.25, 0.3) is 10.0 Å². The van der Waals surface area contributed by atoms with Crippen LogP contribution in [0.1, 0.15) is 11.1 Å². The van der Waals surface area contributed by atoms with Gasteiger partial charge in [-0.25, -0.2) is 13.1 Å². The Balaban J connectivity index is 1.72. The van der Waals surface area contributed by atoms with Crippen molar-refractivity contribution >= 4 is 26.8 Å². The molecule has 3 rings (SSSR count). The first kappa shape index (κ1) is 16.2. The summed E-state index contributed by atoms with van der Waals surface area (Å²) in [7, 11) is -3.88. The predicted molar refractivity (Wildman–Crippen MR) is 91.7 cm³/mol. The normalized spacial score (nSPS) is 11.5. The van der Waals surface area contributed by atoms with Crippen LogP contribution >= 0.6 is 0 Å². The fourth-order valence-electron chi connectivity index (χ4n) is 2.45. The molecular weight excluding hydrogens is 326 g/mol. The average Bonchev–Trinajstić information content (AvgIpc) is 3.02. The highest BCUT2D eigenvalue weighted by atomic mass is 32.2. The van der Waals surface area contributed by atoms with Crippen LogP contribution in [0.3, 0.4) is 0 Å². The molecule has 4 N–H and O–H groups in total. The van der Waals surface area contributed by atoms with E-state index in [-0.39, 0.29) is 11.3 Å². The Labute approximate surface area is 139 Å². The summed E-state index contributed by atoms with van der Waals surface area (Å²) in [5.41, 5.74) is 8.01. The number of aromatic amines is 1. The standard InChI is InChI=1S/C17H17N3O3S/c18-11-12-1-4-15(5-2-12)24(22,23)20-17(21)10-13-3-6-16-14(9-13)7-8-19-16/h1-9,19H,10-11,18H2,(H,20,21). The van der Waals surface area contributed by atoms with Gasteiger partial charge in [0, 0.05) is 18.3 Å². The molecule has 0 unspecified atom stereocenters. The first-order chi connectivity index (χ1) is 11.5. The van der Waals surface area contributed by atoms with Crippen LogP contribution in [0.2, 0.25) is 0 Å². The van der Waals surface area contributed by atoms with Crippen LogP contribution in [0, 0.1) is 0 Å². The molecule has 2 aromatic carbocycles. The molecule has 7 heteroatoms. The Bertz CT molecular complexity index is 976. The number of rotatable bonds is 5. The number of hydrogen-bond donors (Lipinski definition) is 3. The molecule has 0 bridgehead atoms. The van der Waals surface area contributed by atoms with Crippen molar-refractivity contribution in [3.8, 4) is 0 Å². The molecule has 0 aliphatic rings. The molecule has 0 saturated heterocycles. The molecule has 1 heterocycles. The van der Waals surface area contributed by atoms with Gasteiger partial charge < -0.3 is 10.7 Å². The third kappa shape index (κ3) is 3.47. The summed E-state index contributed by atoms with van der Waals surface area (Å²) in [6, 6.07) is 13.5. The highest BCUT2D eigenvalue weighted by molar-refractivity contribution is 7.90. The van der Waals surface area contributed by atoms with Gasteiger partial charge in [-0.1, -0.05) is 18.2 Å². The van der Waals surface area contributed by atoms with Crippen LogP contribution in [-0.4, -0.2) is 19.3 Å². The summed E-state index contributed by atoms with van der Waals surface area (Å²) < 4.78 is 26.6. The molecule has 1 amide bonds. The van der Waals surface area contributed by atoms with Crippen LogP contribution in [0.15, 0.2) is 59.6 Å². The lowest BCUT2D eigenvalue weighted by atomic mass is 10.1. The molecule has 0 saturated carbocycles. The van der Waals surface area contributed by atoms with E-state index in [1.807, 2.05) is 24.4 Å². The maximum Gasteiger partial charge on any atom is 0.264 e. The number of nitrogens with two attached hydrogens (primary N) is 1. The zero-order valence-electron chi connectivity index (χ0n) is 12.8. The number of aromatic nitrogens is 1. The molecular formula is C17H17N3O3S. The largest absolute Gasteiger partial charge is 0.361 e. The van der Waals surface area contributed by atoms with Gasteiger partial charge in [0.05, 0.1) is 11.3 Å². The lowest BCUT2D eigenvalue weighted by molar-refractivity contribution is -0.118. The molecule has 0 fully saturated rings. The van der Waals surface area contributed by atoms with Crippen molar-refractivity contribution in [1.82, 2.24) is 9.71 Å². The van der Waals surface area contributed by atoms with Crippen molar-refractivity contribution in [3.05, 3.63) is 65.9 Å². The highest BCUT2D eigenvalue weighted by Crippen LogP contribution is 2.15. The van der Waals surface area contributed by atoms with E-state index >= 15 is 0 Å². The maximum absolute atomic E-state index is 12.2. The zero-order valence-corrected chi connectivity index (χ0v) is 13.6. The van der Waals surface area contributed by atoms with Gasteiger partial charge in [0.15, 0.2) is 0 Å². The van der Waals surface area contributed by atoms with Crippen LogP contribution in [0.5, 0.6) is 0 Å². The maximum atomic E-state index is 12.2. The molecule has 0 atom stereocenters. The molecule has 3 aromatic rings. The van der Waals surface area contributed by atoms with Crippen molar-refractivity contribution in [1.29, 1.82) is 0 Å². The van der Waals surface area contributed by atoms with Crippen molar-refractivity contribution in [2.75, 3.05) is 0 Å². The molecule has 0 aliphatic heterocycles. The molecule has 0 spiro atoms. The third-order valence-corrected chi connectivity index (χ3v) is 5.09. The summed E-state index contributed by atoms with van der Waals surface area (Å²) in [5.74, 6) is -0.576. The van der Waals surface area contributed by atoms with Crippen LogP contribution in [-0.2, 0) is 27.8 Å². The number of amides is 1. The number of H-pyrrole nitrogens is 1. The summed E-state index contributed by atoms with van der Waals surface area (Å²) in [5, 5.41) is 0.973. The van der Waals surface area contributed by atoms with E-state index < -0.39 is 15.9 Å². The number of nitrogens with one attached hydrogen (secondary N) is 2. The summed E-state index contributed by atoms with van der Waals surface area (Å²) in [4.78, 5) is 15.2. The quantitative estimate of drug-likeness (QED) is 0.655. The van der Waals surface area contributed by atoms with Gasteiger partial charge >= 0.3 is 0 Å². The lowest BCUT2D eigenvalue weighted by Gasteiger charge is -2.08. The average molecular weight is 343 g/mol. The van der Waals surface area contributed by atoms with Crippen LogP contribution in [0.25, 0.3) is 10.9 Å². The van der Waals surface area contributed by atoms with Gasteiger partial charge in [0.1, 0.15) is 0 Å². The van der Waals surface area contributed by atoms with Gasteiger partial charge in [-0.3, -0.25) is 4.79 Å². The van der Waals surface area contributed by atoms with Crippen LogP contribution in [0.4, 0.5) is 0 Å². The van der Waals surface area contributed by atoms with Gasteiger partial charge in [-0.15, -0.1) is 0 Å². The molecule has 6 nitrogen and oxygen atoms in total. The number of benzene rings is 2. The number of hydrogen-bond acceptors (Lipinski definition) is 4. The molecule has 124 valence electrons. The minimum Gasteiger partial charge on any atom is -0.361 e. The van der Waals surface area contributed by atoms with Gasteiger partial charge in [0.2, 0.25) is 5.91 Å². The number of carbonyl (C=O) groups excluding carboxylic acids is 1. The van der Waals surface area contributed by atoms with E-state index in [0.717, 1.165) is 22.0 Å². The molecule has 1 aromatic heterocycles. The fraction of sp³-hybridized carbons (Fsp3) is 0.118. The molecule has 0 aliphatic carbocycles. The Morgan fingerprint density at radius 1 is 1.04 bits per heavy atom. The number of fused-ring (bicyclic) bond motifs is 1. The second-order valence-corrected chi connectivity index (χ2v) is 7.14. The third-order valence-electron chi connectivity index (χ3n) is 3.70. The predicted octanol–water partition coefficient (Wildman–Crippen LogP) is 1.67. The molecule has 24 heavy (non-hydrogen) atoms. The van der Waals surface area contributed by atoms with E-state index in [4.69, 9.17) is 5.73 Å². The number of carbonyl (C=O) groups is 1. The first-order valence-electron chi connectivity index (χ1n) is 7.38. The summed E-state index contributed by atoms with van der Waals surface area (Å²) in [6.45, 7) is 0.328. The molecule has 0 radical (unpaired) electrons. The Morgan fingerprint density at radius 3 is 2.46 bits per heavy atom. The Morgan fingerprint density at radius 2 is 1.75 bits per heavy atom. The van der Waals surface area contributed by atoms with Crippen molar-refractivity contribution in [3.63, 3.8) is 0 Å². The van der Waals surface area contributed by atoms with E-state index in [1.165, 1.54) is 12.1 Å². The van der Waals surface area contributed by atoms with Crippen molar-refractivity contribution in [2.45, 2.75) is 17.9 Å². The number of sulfonamides is 1. The van der Waals surface area contributed by atoms with Crippen molar-refractivity contribution < 1.29 is 13.2 Å². The SMILES string of the molecule is NCc1ccc(S(=O)(=O)NC(=O)Cc2ccc3[nH]ccc3c2)cc1. The van der Waals surface area contributed by atoms with E-state index in [1.54, 1.807) is 18.2 Å².